The van der Waals surface area contributed by atoms with E-state index in [0.717, 1.165) is 38.2 Å². The molecule has 0 aromatic heterocycles. The largest absolute Gasteiger partial charge is 0.381 e. The van der Waals surface area contributed by atoms with Gasteiger partial charge in [-0.1, -0.05) is 12.1 Å². The highest BCUT2D eigenvalue weighted by molar-refractivity contribution is 7.98. The predicted octanol–water partition coefficient (Wildman–Crippen LogP) is 2.49. The molecular formula is C15H21NO2S. The fraction of sp³-hybridized carbons (Fsp3) is 0.533. The smallest absolute Gasteiger partial charge is 0.224 e. The summed E-state index contributed by atoms with van der Waals surface area (Å²) in [5.41, 5.74) is 1.07. The Hall–Kier alpha value is -1.00. The van der Waals surface area contributed by atoms with Gasteiger partial charge in [-0.15, -0.1) is 11.8 Å². The van der Waals surface area contributed by atoms with Gasteiger partial charge in [-0.2, -0.15) is 0 Å². The number of benzene rings is 1. The average Bonchev–Trinajstić information content (AvgIpc) is 2.93. The standard InChI is InChI=1S/C15H21NO2S/c1-19-14-4-2-12(3-5-14)10-15(17)16-8-6-13-7-9-18-11-13/h2-5,13H,6-11H2,1H3,(H,16,17)/t13-/m0/s1. The topological polar surface area (TPSA) is 38.3 Å². The van der Waals surface area contributed by atoms with Crippen LogP contribution < -0.4 is 5.32 Å². The molecule has 4 heteroatoms. The third kappa shape index (κ3) is 4.88. The minimum atomic E-state index is 0.107. The molecule has 1 N–H and O–H groups in total. The molecule has 3 nitrogen and oxygen atoms in total. The molecule has 19 heavy (non-hydrogen) atoms. The number of carbonyl (C=O) groups excluding carboxylic acids is 1. The normalized spacial score (nSPS) is 18.5. The van der Waals surface area contributed by atoms with Crippen LogP contribution in [-0.4, -0.2) is 31.9 Å². The van der Waals surface area contributed by atoms with Crippen molar-refractivity contribution in [1.82, 2.24) is 5.32 Å². The second-order valence-electron chi connectivity index (χ2n) is 4.89. The van der Waals surface area contributed by atoms with Crippen molar-refractivity contribution >= 4 is 17.7 Å². The molecule has 1 fully saturated rings. The van der Waals surface area contributed by atoms with Crippen molar-refractivity contribution in [3.8, 4) is 0 Å². The molecule has 0 radical (unpaired) electrons. The van der Waals surface area contributed by atoms with E-state index >= 15 is 0 Å². The van der Waals surface area contributed by atoms with E-state index in [1.54, 1.807) is 11.8 Å². The number of amides is 1. The molecule has 1 aliphatic heterocycles. The first-order valence-corrected chi connectivity index (χ1v) is 7.98. The van der Waals surface area contributed by atoms with Gasteiger partial charge in [0.15, 0.2) is 0 Å². The van der Waals surface area contributed by atoms with Crippen LogP contribution in [0.4, 0.5) is 0 Å². The van der Waals surface area contributed by atoms with Crippen molar-refractivity contribution in [2.45, 2.75) is 24.2 Å². The molecule has 1 heterocycles. The highest BCUT2D eigenvalue weighted by Gasteiger charge is 2.15. The second-order valence-corrected chi connectivity index (χ2v) is 5.77. The molecule has 0 unspecified atom stereocenters. The van der Waals surface area contributed by atoms with Crippen LogP contribution in [0.5, 0.6) is 0 Å². The van der Waals surface area contributed by atoms with Gasteiger partial charge in [0, 0.05) is 24.7 Å². The average molecular weight is 279 g/mol. The lowest BCUT2D eigenvalue weighted by molar-refractivity contribution is -0.120. The predicted molar refractivity (Wildman–Crippen MR) is 78.5 cm³/mol. The molecule has 1 atom stereocenters. The van der Waals surface area contributed by atoms with Crippen LogP contribution in [0.2, 0.25) is 0 Å². The van der Waals surface area contributed by atoms with Gasteiger partial charge in [-0.3, -0.25) is 4.79 Å². The molecule has 1 amide bonds. The van der Waals surface area contributed by atoms with Gasteiger partial charge in [0.2, 0.25) is 5.91 Å². The number of hydrogen-bond acceptors (Lipinski definition) is 3. The van der Waals surface area contributed by atoms with Gasteiger partial charge >= 0.3 is 0 Å². The molecule has 2 rings (SSSR count). The summed E-state index contributed by atoms with van der Waals surface area (Å²) in [4.78, 5) is 13.0. The van der Waals surface area contributed by atoms with Crippen LogP contribution in [0.1, 0.15) is 18.4 Å². The minimum absolute atomic E-state index is 0.107. The lowest BCUT2D eigenvalue weighted by atomic mass is 10.1. The second kappa shape index (κ2) is 7.56. The molecule has 0 spiro atoms. The molecule has 1 aromatic rings. The molecule has 1 aromatic carbocycles. The maximum atomic E-state index is 11.8. The fourth-order valence-electron chi connectivity index (χ4n) is 2.22. The summed E-state index contributed by atoms with van der Waals surface area (Å²) in [6.45, 7) is 2.49. The zero-order valence-corrected chi connectivity index (χ0v) is 12.2. The number of rotatable bonds is 6. The minimum Gasteiger partial charge on any atom is -0.381 e. The Kier molecular flexibility index (Phi) is 5.73. The highest BCUT2D eigenvalue weighted by Crippen LogP contribution is 2.16. The van der Waals surface area contributed by atoms with E-state index in [1.807, 2.05) is 12.1 Å². The number of hydrogen-bond donors (Lipinski definition) is 1. The Balaban J connectivity index is 1.68. The van der Waals surface area contributed by atoms with Gasteiger partial charge < -0.3 is 10.1 Å². The third-order valence-corrected chi connectivity index (χ3v) is 4.17. The van der Waals surface area contributed by atoms with Crippen LogP contribution in [0.3, 0.4) is 0 Å². The van der Waals surface area contributed by atoms with Gasteiger partial charge in [-0.25, -0.2) is 0 Å². The lowest BCUT2D eigenvalue weighted by Crippen LogP contribution is -2.27. The first kappa shape index (κ1) is 14.4. The van der Waals surface area contributed by atoms with Crippen LogP contribution in [-0.2, 0) is 16.0 Å². The van der Waals surface area contributed by atoms with E-state index in [1.165, 1.54) is 4.90 Å². The van der Waals surface area contributed by atoms with Crippen LogP contribution in [0, 0.1) is 5.92 Å². The summed E-state index contributed by atoms with van der Waals surface area (Å²) in [6, 6.07) is 8.17. The number of nitrogens with one attached hydrogen (secondary N) is 1. The molecule has 0 saturated carbocycles. The zero-order valence-electron chi connectivity index (χ0n) is 11.4. The summed E-state index contributed by atoms with van der Waals surface area (Å²) in [5.74, 6) is 0.733. The van der Waals surface area contributed by atoms with Gasteiger partial charge in [0.25, 0.3) is 0 Å². The Morgan fingerprint density at radius 1 is 1.42 bits per heavy atom. The van der Waals surface area contributed by atoms with Crippen LogP contribution >= 0.6 is 11.8 Å². The van der Waals surface area contributed by atoms with Gasteiger partial charge in [0.1, 0.15) is 0 Å². The number of carbonyl (C=O) groups is 1. The molecular weight excluding hydrogens is 258 g/mol. The summed E-state index contributed by atoms with van der Waals surface area (Å²) >= 11 is 1.71. The van der Waals surface area contributed by atoms with E-state index in [4.69, 9.17) is 4.74 Å². The zero-order chi connectivity index (χ0) is 13.5. The first-order chi connectivity index (χ1) is 9.28. The molecule has 104 valence electrons. The molecule has 0 bridgehead atoms. The van der Waals surface area contributed by atoms with E-state index in [2.05, 4.69) is 23.7 Å². The lowest BCUT2D eigenvalue weighted by Gasteiger charge is -2.09. The SMILES string of the molecule is CSc1ccc(CC(=O)NCC[C@H]2CCOC2)cc1. The quantitative estimate of drug-likeness (QED) is 0.813. The fourth-order valence-corrected chi connectivity index (χ4v) is 2.63. The monoisotopic (exact) mass is 279 g/mol. The van der Waals surface area contributed by atoms with Crippen molar-refractivity contribution in [3.63, 3.8) is 0 Å². The van der Waals surface area contributed by atoms with Crippen LogP contribution in [0.15, 0.2) is 29.2 Å². The Bertz CT molecular complexity index is 399. The Morgan fingerprint density at radius 3 is 2.84 bits per heavy atom. The van der Waals surface area contributed by atoms with Gasteiger partial charge in [-0.05, 0) is 42.7 Å². The molecule has 1 saturated heterocycles. The van der Waals surface area contributed by atoms with Crippen molar-refractivity contribution in [1.29, 1.82) is 0 Å². The maximum absolute atomic E-state index is 11.8. The van der Waals surface area contributed by atoms with E-state index in [9.17, 15) is 4.79 Å². The highest BCUT2D eigenvalue weighted by atomic mass is 32.2. The van der Waals surface area contributed by atoms with Crippen LogP contribution in [0.25, 0.3) is 0 Å². The number of thioether (sulfide) groups is 1. The first-order valence-electron chi connectivity index (χ1n) is 6.75. The summed E-state index contributed by atoms with van der Waals surface area (Å²) < 4.78 is 5.32. The van der Waals surface area contributed by atoms with Crippen molar-refractivity contribution in [2.75, 3.05) is 26.0 Å². The van der Waals surface area contributed by atoms with Crippen molar-refractivity contribution < 1.29 is 9.53 Å². The van der Waals surface area contributed by atoms with Crippen molar-refractivity contribution in [2.24, 2.45) is 5.92 Å². The third-order valence-electron chi connectivity index (χ3n) is 3.42. The maximum Gasteiger partial charge on any atom is 0.224 e. The summed E-state index contributed by atoms with van der Waals surface area (Å²) in [5, 5.41) is 2.99. The Morgan fingerprint density at radius 2 is 2.21 bits per heavy atom. The molecule has 1 aliphatic rings. The Labute approximate surface area is 119 Å². The van der Waals surface area contributed by atoms with E-state index in [-0.39, 0.29) is 5.91 Å². The van der Waals surface area contributed by atoms with E-state index in [0.29, 0.717) is 12.3 Å². The molecule has 0 aliphatic carbocycles. The summed E-state index contributed by atoms with van der Waals surface area (Å²) in [6.07, 6.45) is 4.67. The van der Waals surface area contributed by atoms with Gasteiger partial charge in [0.05, 0.1) is 6.42 Å². The van der Waals surface area contributed by atoms with Crippen molar-refractivity contribution in [3.05, 3.63) is 29.8 Å². The summed E-state index contributed by atoms with van der Waals surface area (Å²) in [7, 11) is 0. The van der Waals surface area contributed by atoms with E-state index < -0.39 is 0 Å². The number of ether oxygens (including phenoxy) is 1.